The average Bonchev–Trinajstić information content (AvgIpc) is 3.17. The van der Waals surface area contributed by atoms with Crippen LogP contribution in [0.4, 0.5) is 11.4 Å². The smallest absolute Gasteiger partial charge is 0.225 e. The molecule has 0 radical (unpaired) electrons. The summed E-state index contributed by atoms with van der Waals surface area (Å²) in [6, 6.07) is 17.6. The Morgan fingerprint density at radius 3 is 1.89 bits per heavy atom. The molecule has 1 saturated heterocycles. The second-order valence-electron chi connectivity index (χ2n) is 7.76. The Labute approximate surface area is 162 Å². The van der Waals surface area contributed by atoms with Gasteiger partial charge in [0, 0.05) is 56.6 Å². The molecular formula is C23H29N3O. The van der Waals surface area contributed by atoms with Crippen molar-refractivity contribution in [1.29, 1.82) is 0 Å². The molecule has 0 bridgehead atoms. The Morgan fingerprint density at radius 2 is 1.37 bits per heavy atom. The number of anilines is 2. The van der Waals surface area contributed by atoms with Gasteiger partial charge in [-0.15, -0.1) is 0 Å². The van der Waals surface area contributed by atoms with E-state index in [1.54, 1.807) is 0 Å². The number of carbonyl (C=O) groups is 1. The molecule has 4 heteroatoms. The number of hydrogen-bond acceptors (Lipinski definition) is 3. The van der Waals surface area contributed by atoms with Crippen LogP contribution >= 0.6 is 0 Å². The predicted octanol–water partition coefficient (Wildman–Crippen LogP) is 3.90. The molecule has 2 aliphatic heterocycles. The van der Waals surface area contributed by atoms with Crippen LogP contribution < -0.4 is 9.80 Å². The highest BCUT2D eigenvalue weighted by Crippen LogP contribution is 2.29. The number of piperazine rings is 1. The summed E-state index contributed by atoms with van der Waals surface area (Å²) in [6.45, 7) is 9.58. The Hall–Kier alpha value is -2.49. The number of rotatable bonds is 4. The van der Waals surface area contributed by atoms with Crippen molar-refractivity contribution in [2.75, 3.05) is 36.0 Å². The third kappa shape index (κ3) is 3.66. The SMILES string of the molecule is CCC(C)C(=O)N1CCN(c2ccc(N3Cc4ccccc4C3)cc2)CC1. The lowest BCUT2D eigenvalue weighted by Crippen LogP contribution is -2.50. The van der Waals surface area contributed by atoms with E-state index in [1.165, 1.54) is 22.5 Å². The molecule has 0 N–H and O–H groups in total. The zero-order chi connectivity index (χ0) is 18.8. The van der Waals surface area contributed by atoms with Gasteiger partial charge in [-0.3, -0.25) is 4.79 Å². The largest absolute Gasteiger partial charge is 0.368 e. The molecule has 0 aliphatic carbocycles. The summed E-state index contributed by atoms with van der Waals surface area (Å²) in [7, 11) is 0. The third-order valence-corrected chi connectivity index (χ3v) is 6.05. The van der Waals surface area contributed by atoms with Gasteiger partial charge in [0.2, 0.25) is 5.91 Å². The van der Waals surface area contributed by atoms with E-state index < -0.39 is 0 Å². The molecule has 142 valence electrons. The predicted molar refractivity (Wildman–Crippen MR) is 111 cm³/mol. The van der Waals surface area contributed by atoms with Crippen LogP contribution in [0.25, 0.3) is 0 Å². The maximum Gasteiger partial charge on any atom is 0.225 e. The topological polar surface area (TPSA) is 26.8 Å². The number of hydrogen-bond donors (Lipinski definition) is 0. The van der Waals surface area contributed by atoms with Gasteiger partial charge in [-0.05, 0) is 41.8 Å². The molecule has 1 fully saturated rings. The van der Waals surface area contributed by atoms with Gasteiger partial charge in [-0.25, -0.2) is 0 Å². The molecule has 27 heavy (non-hydrogen) atoms. The lowest BCUT2D eigenvalue weighted by Gasteiger charge is -2.37. The van der Waals surface area contributed by atoms with Crippen molar-refractivity contribution in [2.45, 2.75) is 33.4 Å². The summed E-state index contributed by atoms with van der Waals surface area (Å²) in [6.07, 6.45) is 0.918. The molecule has 1 atom stereocenters. The van der Waals surface area contributed by atoms with Gasteiger partial charge in [0.25, 0.3) is 0 Å². The van der Waals surface area contributed by atoms with E-state index in [-0.39, 0.29) is 5.92 Å². The van der Waals surface area contributed by atoms with Gasteiger partial charge in [-0.2, -0.15) is 0 Å². The van der Waals surface area contributed by atoms with Crippen LogP contribution in [0.1, 0.15) is 31.4 Å². The standard InChI is InChI=1S/C23H29N3O/c1-3-18(2)23(27)25-14-12-24(13-15-25)21-8-10-22(11-9-21)26-16-19-6-4-5-7-20(19)17-26/h4-11,18H,3,12-17H2,1-2H3. The number of nitrogens with zero attached hydrogens (tertiary/aromatic N) is 3. The van der Waals surface area contributed by atoms with Crippen LogP contribution in [0.5, 0.6) is 0 Å². The minimum absolute atomic E-state index is 0.139. The Bertz CT molecular complexity index is 769. The fourth-order valence-corrected chi connectivity index (χ4v) is 4.06. The molecule has 1 unspecified atom stereocenters. The van der Waals surface area contributed by atoms with Crippen LogP contribution in [-0.2, 0) is 17.9 Å². The second-order valence-corrected chi connectivity index (χ2v) is 7.76. The highest BCUT2D eigenvalue weighted by atomic mass is 16.2. The summed E-state index contributed by atoms with van der Waals surface area (Å²) >= 11 is 0. The van der Waals surface area contributed by atoms with E-state index in [0.29, 0.717) is 5.91 Å². The van der Waals surface area contributed by atoms with E-state index in [9.17, 15) is 4.79 Å². The molecular weight excluding hydrogens is 334 g/mol. The summed E-state index contributed by atoms with van der Waals surface area (Å²) < 4.78 is 0. The van der Waals surface area contributed by atoms with Crippen LogP contribution in [0, 0.1) is 5.92 Å². The molecule has 0 aromatic heterocycles. The van der Waals surface area contributed by atoms with E-state index in [4.69, 9.17) is 0 Å². The highest BCUT2D eigenvalue weighted by Gasteiger charge is 2.24. The van der Waals surface area contributed by atoms with Crippen LogP contribution in [0.3, 0.4) is 0 Å². The lowest BCUT2D eigenvalue weighted by molar-refractivity contribution is -0.135. The van der Waals surface area contributed by atoms with Gasteiger partial charge in [0.1, 0.15) is 0 Å². The van der Waals surface area contributed by atoms with Crippen LogP contribution in [-0.4, -0.2) is 37.0 Å². The van der Waals surface area contributed by atoms with Crippen molar-refractivity contribution in [3.8, 4) is 0 Å². The quantitative estimate of drug-likeness (QED) is 0.824. The van der Waals surface area contributed by atoms with Gasteiger partial charge in [-0.1, -0.05) is 38.1 Å². The van der Waals surface area contributed by atoms with Crippen molar-refractivity contribution < 1.29 is 4.79 Å². The number of amides is 1. The minimum Gasteiger partial charge on any atom is -0.368 e. The third-order valence-electron chi connectivity index (χ3n) is 6.05. The van der Waals surface area contributed by atoms with E-state index in [2.05, 4.69) is 65.3 Å². The first-order valence-electron chi connectivity index (χ1n) is 10.1. The van der Waals surface area contributed by atoms with Crippen molar-refractivity contribution in [2.24, 2.45) is 5.92 Å². The van der Waals surface area contributed by atoms with E-state index >= 15 is 0 Å². The summed E-state index contributed by atoms with van der Waals surface area (Å²) in [4.78, 5) is 19.2. The molecule has 4 nitrogen and oxygen atoms in total. The average molecular weight is 364 g/mol. The summed E-state index contributed by atoms with van der Waals surface area (Å²) in [5.41, 5.74) is 5.40. The molecule has 2 aromatic carbocycles. The zero-order valence-corrected chi connectivity index (χ0v) is 16.4. The molecule has 2 heterocycles. The molecule has 1 amide bonds. The molecule has 2 aromatic rings. The number of benzene rings is 2. The highest BCUT2D eigenvalue weighted by molar-refractivity contribution is 5.78. The number of fused-ring (bicyclic) bond motifs is 1. The van der Waals surface area contributed by atoms with Crippen LogP contribution in [0.15, 0.2) is 48.5 Å². The minimum atomic E-state index is 0.139. The first kappa shape index (κ1) is 17.9. The van der Waals surface area contributed by atoms with Gasteiger partial charge < -0.3 is 14.7 Å². The molecule has 2 aliphatic rings. The first-order chi connectivity index (χ1) is 13.2. The summed E-state index contributed by atoms with van der Waals surface area (Å²) in [5, 5.41) is 0. The molecule has 0 spiro atoms. The molecule has 0 saturated carbocycles. The Morgan fingerprint density at radius 1 is 0.852 bits per heavy atom. The van der Waals surface area contributed by atoms with Crippen LogP contribution in [0.2, 0.25) is 0 Å². The van der Waals surface area contributed by atoms with E-state index in [0.717, 1.165) is 45.7 Å². The maximum absolute atomic E-state index is 12.4. The molecule has 4 rings (SSSR count). The maximum atomic E-state index is 12.4. The fourth-order valence-electron chi connectivity index (χ4n) is 4.06. The van der Waals surface area contributed by atoms with Crippen molar-refractivity contribution >= 4 is 17.3 Å². The monoisotopic (exact) mass is 363 g/mol. The fraction of sp³-hybridized carbons (Fsp3) is 0.435. The van der Waals surface area contributed by atoms with Gasteiger partial charge in [0.05, 0.1) is 0 Å². The normalized spacial score (nSPS) is 17.8. The first-order valence-corrected chi connectivity index (χ1v) is 10.1. The second kappa shape index (κ2) is 7.63. The lowest BCUT2D eigenvalue weighted by atomic mass is 10.1. The van der Waals surface area contributed by atoms with E-state index in [1.807, 2.05) is 11.8 Å². The zero-order valence-electron chi connectivity index (χ0n) is 16.4. The van der Waals surface area contributed by atoms with Gasteiger partial charge >= 0.3 is 0 Å². The Balaban J connectivity index is 1.36. The summed E-state index contributed by atoms with van der Waals surface area (Å²) in [5.74, 6) is 0.446. The van der Waals surface area contributed by atoms with Crippen molar-refractivity contribution in [1.82, 2.24) is 4.90 Å². The van der Waals surface area contributed by atoms with Crippen molar-refractivity contribution in [3.05, 3.63) is 59.7 Å². The van der Waals surface area contributed by atoms with Crippen molar-refractivity contribution in [3.63, 3.8) is 0 Å². The van der Waals surface area contributed by atoms with Gasteiger partial charge in [0.15, 0.2) is 0 Å². The number of carbonyl (C=O) groups excluding carboxylic acids is 1. The Kier molecular flexibility index (Phi) is 5.06.